The van der Waals surface area contributed by atoms with Crippen molar-refractivity contribution in [2.75, 3.05) is 6.16 Å². The van der Waals surface area contributed by atoms with Crippen LogP contribution in [0.5, 0.6) is 0 Å². The number of aryl methyl sites for hydroxylation is 2. The second-order valence-corrected chi connectivity index (χ2v) is 8.58. The second kappa shape index (κ2) is 12.7. The number of hydrogen-bond donors (Lipinski definition) is 1. The molecule has 0 aliphatic heterocycles. The van der Waals surface area contributed by atoms with Gasteiger partial charge in [-0.1, -0.05) is 89.0 Å². The van der Waals surface area contributed by atoms with E-state index >= 15 is 0 Å². The summed E-state index contributed by atoms with van der Waals surface area (Å²) in [5.41, 5.74) is 2.28. The molecule has 0 fully saturated rings. The van der Waals surface area contributed by atoms with Gasteiger partial charge in [0.25, 0.3) is 0 Å². The van der Waals surface area contributed by atoms with Gasteiger partial charge >= 0.3 is 0 Å². The molecule has 0 aliphatic rings. The van der Waals surface area contributed by atoms with E-state index in [0.717, 1.165) is 12.0 Å². The fraction of sp³-hybridized carbons (Fsp3) is 0.700. The molecule has 1 unspecified atom stereocenters. The molecule has 1 N–H and O–H groups in total. The van der Waals surface area contributed by atoms with Crippen LogP contribution in [0.4, 0.5) is 0 Å². The lowest BCUT2D eigenvalue weighted by atomic mass is 10.0. The molecular formula is C20H34O3P-. The van der Waals surface area contributed by atoms with E-state index in [9.17, 15) is 9.46 Å². The van der Waals surface area contributed by atoms with Gasteiger partial charge in [-0.3, -0.25) is 0 Å². The molecule has 0 spiro atoms. The van der Waals surface area contributed by atoms with Crippen LogP contribution in [0.2, 0.25) is 0 Å². The molecule has 1 aromatic rings. The Balaban J connectivity index is 2.04. The van der Waals surface area contributed by atoms with E-state index in [2.05, 4.69) is 19.1 Å². The molecule has 138 valence electrons. The monoisotopic (exact) mass is 353 g/mol. The summed E-state index contributed by atoms with van der Waals surface area (Å²) in [6.07, 6.45) is 14.8. The largest absolute Gasteiger partial charge is 0.779 e. The number of benzene rings is 1. The maximum absolute atomic E-state index is 10.8. The van der Waals surface area contributed by atoms with Crippen LogP contribution in [0.15, 0.2) is 24.3 Å². The van der Waals surface area contributed by atoms with Gasteiger partial charge in [-0.2, -0.15) is 0 Å². The van der Waals surface area contributed by atoms with Crippen molar-refractivity contribution in [3.63, 3.8) is 0 Å². The van der Waals surface area contributed by atoms with Crippen molar-refractivity contribution in [1.82, 2.24) is 0 Å². The minimum atomic E-state index is -4.13. The molecule has 3 nitrogen and oxygen atoms in total. The van der Waals surface area contributed by atoms with E-state index in [1.807, 2.05) is 12.1 Å². The van der Waals surface area contributed by atoms with Crippen LogP contribution in [0, 0.1) is 0 Å². The molecule has 0 bridgehead atoms. The number of unbranched alkanes of at least 4 members (excludes halogenated alkanes) is 9. The SMILES string of the molecule is CCCCCCCCCCCCc1ccc(CCP(=O)([O-])O)cc1. The van der Waals surface area contributed by atoms with E-state index in [0.29, 0.717) is 6.42 Å². The van der Waals surface area contributed by atoms with Gasteiger partial charge in [0, 0.05) is 6.16 Å². The summed E-state index contributed by atoms with van der Waals surface area (Å²) in [5.74, 6) is 0. The van der Waals surface area contributed by atoms with Gasteiger partial charge in [0.1, 0.15) is 7.60 Å². The van der Waals surface area contributed by atoms with Crippen molar-refractivity contribution in [3.05, 3.63) is 35.4 Å². The third-order valence-electron chi connectivity index (χ3n) is 4.53. The molecule has 0 aromatic heterocycles. The lowest BCUT2D eigenvalue weighted by Gasteiger charge is -2.15. The number of rotatable bonds is 14. The van der Waals surface area contributed by atoms with Gasteiger partial charge in [0.2, 0.25) is 0 Å². The smallest absolute Gasteiger partial charge is 0.132 e. The average molecular weight is 353 g/mol. The third-order valence-corrected chi connectivity index (χ3v) is 5.31. The Morgan fingerprint density at radius 2 is 1.21 bits per heavy atom. The van der Waals surface area contributed by atoms with Crippen LogP contribution >= 0.6 is 7.60 Å². The van der Waals surface area contributed by atoms with Crippen LogP contribution in [0.3, 0.4) is 0 Å². The first-order valence-electron chi connectivity index (χ1n) is 9.62. The topological polar surface area (TPSA) is 60.4 Å². The Kier molecular flexibility index (Phi) is 11.3. The molecular weight excluding hydrogens is 319 g/mol. The Morgan fingerprint density at radius 1 is 0.792 bits per heavy atom. The lowest BCUT2D eigenvalue weighted by molar-refractivity contribution is -0.193. The highest BCUT2D eigenvalue weighted by atomic mass is 31.2. The van der Waals surface area contributed by atoms with E-state index in [-0.39, 0.29) is 6.16 Å². The highest BCUT2D eigenvalue weighted by Crippen LogP contribution is 2.29. The first-order chi connectivity index (χ1) is 11.5. The van der Waals surface area contributed by atoms with Crippen molar-refractivity contribution in [2.45, 2.75) is 84.0 Å². The molecule has 0 saturated heterocycles. The van der Waals surface area contributed by atoms with Crippen molar-refractivity contribution in [2.24, 2.45) is 0 Å². The van der Waals surface area contributed by atoms with Crippen LogP contribution in [-0.4, -0.2) is 11.1 Å². The van der Waals surface area contributed by atoms with Gasteiger partial charge in [-0.15, -0.1) is 0 Å². The predicted octanol–water partition coefficient (Wildman–Crippen LogP) is 5.24. The Labute approximate surface area is 148 Å². The van der Waals surface area contributed by atoms with Crippen molar-refractivity contribution in [3.8, 4) is 0 Å². The zero-order chi connectivity index (χ0) is 17.7. The van der Waals surface area contributed by atoms with Gasteiger partial charge in [-0.25, -0.2) is 0 Å². The van der Waals surface area contributed by atoms with Crippen LogP contribution < -0.4 is 4.89 Å². The zero-order valence-electron chi connectivity index (χ0n) is 15.2. The summed E-state index contributed by atoms with van der Waals surface area (Å²) in [6.45, 7) is 2.26. The summed E-state index contributed by atoms with van der Waals surface area (Å²) in [7, 11) is -4.13. The Hall–Kier alpha value is -0.630. The summed E-state index contributed by atoms with van der Waals surface area (Å²) in [6, 6.07) is 8.11. The molecule has 0 heterocycles. The minimum Gasteiger partial charge on any atom is -0.779 e. The van der Waals surface area contributed by atoms with Crippen molar-refractivity contribution in [1.29, 1.82) is 0 Å². The van der Waals surface area contributed by atoms with Crippen LogP contribution in [-0.2, 0) is 17.4 Å². The minimum absolute atomic E-state index is 0.176. The molecule has 1 atom stereocenters. The molecule has 0 radical (unpaired) electrons. The number of hydrogen-bond acceptors (Lipinski definition) is 2. The Morgan fingerprint density at radius 3 is 1.67 bits per heavy atom. The zero-order valence-corrected chi connectivity index (χ0v) is 16.1. The quantitative estimate of drug-likeness (QED) is 0.367. The maximum atomic E-state index is 10.8. The summed E-state index contributed by atoms with van der Waals surface area (Å²) < 4.78 is 10.8. The van der Waals surface area contributed by atoms with E-state index in [1.54, 1.807) is 0 Å². The van der Waals surface area contributed by atoms with Crippen LogP contribution in [0.25, 0.3) is 0 Å². The molecule has 1 aromatic carbocycles. The van der Waals surface area contributed by atoms with Gasteiger partial charge < -0.3 is 14.4 Å². The maximum Gasteiger partial charge on any atom is 0.132 e. The highest BCUT2D eigenvalue weighted by molar-refractivity contribution is 7.50. The predicted molar refractivity (Wildman–Crippen MR) is 100 cm³/mol. The summed E-state index contributed by atoms with van der Waals surface area (Å²) >= 11 is 0. The fourth-order valence-corrected chi connectivity index (χ4v) is 3.50. The van der Waals surface area contributed by atoms with Gasteiger partial charge in [0.05, 0.1) is 0 Å². The standard InChI is InChI=1S/C20H35O3P/c1-2-3-4-5-6-7-8-9-10-11-12-19-13-15-20(16-14-19)17-18-24(21,22)23/h13-16H,2-12,17-18H2,1H3,(H2,21,22,23)/p-1. The first kappa shape index (κ1) is 21.4. The molecule has 0 aliphatic carbocycles. The fourth-order valence-electron chi connectivity index (χ4n) is 2.96. The van der Waals surface area contributed by atoms with E-state index in [4.69, 9.17) is 4.89 Å². The average Bonchev–Trinajstić information content (AvgIpc) is 2.55. The molecule has 1 rings (SSSR count). The van der Waals surface area contributed by atoms with Gasteiger partial charge in [0.15, 0.2) is 0 Å². The summed E-state index contributed by atoms with van der Waals surface area (Å²) in [4.78, 5) is 19.6. The Bertz CT molecular complexity index is 464. The first-order valence-corrected chi connectivity index (χ1v) is 11.4. The summed E-state index contributed by atoms with van der Waals surface area (Å²) in [5, 5.41) is 0. The molecule has 4 heteroatoms. The van der Waals surface area contributed by atoms with Crippen molar-refractivity contribution < 1.29 is 14.4 Å². The molecule has 24 heavy (non-hydrogen) atoms. The second-order valence-electron chi connectivity index (χ2n) is 6.86. The highest BCUT2D eigenvalue weighted by Gasteiger charge is 2.03. The van der Waals surface area contributed by atoms with E-state index in [1.165, 1.54) is 69.8 Å². The third kappa shape index (κ3) is 11.8. The van der Waals surface area contributed by atoms with E-state index < -0.39 is 7.60 Å². The normalized spacial score (nSPS) is 13.8. The molecule has 0 amide bonds. The van der Waals surface area contributed by atoms with Crippen LogP contribution in [0.1, 0.15) is 82.3 Å². The van der Waals surface area contributed by atoms with Gasteiger partial charge in [-0.05, 0) is 30.4 Å². The molecule has 0 saturated carbocycles. The van der Waals surface area contributed by atoms with Crippen molar-refractivity contribution >= 4 is 7.60 Å². The lowest BCUT2D eigenvalue weighted by Crippen LogP contribution is -2.05.